The van der Waals surface area contributed by atoms with E-state index in [1.807, 2.05) is 32.0 Å². The molecular formula is C15H18N2O4. The Balaban J connectivity index is 2.73. The molecule has 0 saturated carbocycles. The number of benzene rings is 1. The second-order valence-corrected chi connectivity index (χ2v) is 4.76. The van der Waals surface area contributed by atoms with Gasteiger partial charge in [0.15, 0.2) is 0 Å². The predicted molar refractivity (Wildman–Crippen MR) is 78.3 cm³/mol. The molecule has 0 unspecified atom stereocenters. The van der Waals surface area contributed by atoms with Crippen molar-refractivity contribution in [2.45, 2.75) is 26.3 Å². The van der Waals surface area contributed by atoms with Crippen LogP contribution in [-0.2, 0) is 14.4 Å². The summed E-state index contributed by atoms with van der Waals surface area (Å²) in [5.41, 5.74) is 7.91. The SMILES string of the molecule is Cc1ccc(C=CC(=O)N[C@@H](CC(N)=O)C(=O)O)c(C)c1. The molecule has 0 fully saturated rings. The lowest BCUT2D eigenvalue weighted by molar-refractivity contribution is -0.142. The molecule has 0 bridgehead atoms. The first-order valence-electron chi connectivity index (χ1n) is 6.36. The van der Waals surface area contributed by atoms with Gasteiger partial charge >= 0.3 is 5.97 Å². The van der Waals surface area contributed by atoms with Gasteiger partial charge in [-0.25, -0.2) is 4.79 Å². The Morgan fingerprint density at radius 1 is 1.33 bits per heavy atom. The van der Waals surface area contributed by atoms with Crippen LogP contribution in [0.4, 0.5) is 0 Å². The first-order chi connectivity index (χ1) is 9.79. The number of carbonyl (C=O) groups is 3. The molecule has 0 saturated heterocycles. The summed E-state index contributed by atoms with van der Waals surface area (Å²) < 4.78 is 0. The highest BCUT2D eigenvalue weighted by molar-refractivity contribution is 5.95. The first kappa shape index (κ1) is 16.4. The van der Waals surface area contributed by atoms with Crippen molar-refractivity contribution in [1.82, 2.24) is 5.32 Å². The number of aliphatic carboxylic acids is 1. The minimum absolute atomic E-state index is 0.446. The first-order valence-corrected chi connectivity index (χ1v) is 6.36. The molecule has 1 atom stereocenters. The zero-order chi connectivity index (χ0) is 16.0. The van der Waals surface area contributed by atoms with E-state index in [9.17, 15) is 14.4 Å². The Hall–Kier alpha value is -2.63. The van der Waals surface area contributed by atoms with Crippen LogP contribution in [0.15, 0.2) is 24.3 Å². The smallest absolute Gasteiger partial charge is 0.326 e. The number of nitrogens with two attached hydrogens (primary N) is 1. The lowest BCUT2D eigenvalue weighted by Gasteiger charge is -2.10. The number of hydrogen-bond acceptors (Lipinski definition) is 3. The third-order valence-electron chi connectivity index (χ3n) is 2.86. The van der Waals surface area contributed by atoms with Crippen LogP contribution < -0.4 is 11.1 Å². The van der Waals surface area contributed by atoms with Gasteiger partial charge in [0.05, 0.1) is 6.42 Å². The highest BCUT2D eigenvalue weighted by Crippen LogP contribution is 2.11. The summed E-state index contributed by atoms with van der Waals surface area (Å²) in [6, 6.07) is 4.44. The Morgan fingerprint density at radius 2 is 2.00 bits per heavy atom. The molecule has 0 aromatic heterocycles. The molecule has 6 nitrogen and oxygen atoms in total. The van der Waals surface area contributed by atoms with Crippen LogP contribution in [0.1, 0.15) is 23.1 Å². The van der Waals surface area contributed by atoms with Crippen LogP contribution in [-0.4, -0.2) is 28.9 Å². The van der Waals surface area contributed by atoms with Crippen LogP contribution >= 0.6 is 0 Å². The fraction of sp³-hybridized carbons (Fsp3) is 0.267. The molecule has 1 aromatic rings. The van der Waals surface area contributed by atoms with E-state index in [2.05, 4.69) is 5.32 Å². The average molecular weight is 290 g/mol. The fourth-order valence-electron chi connectivity index (χ4n) is 1.80. The van der Waals surface area contributed by atoms with Crippen LogP contribution in [0.5, 0.6) is 0 Å². The van der Waals surface area contributed by atoms with Gasteiger partial charge in [-0.3, -0.25) is 9.59 Å². The molecule has 112 valence electrons. The normalized spacial score (nSPS) is 12.1. The molecular weight excluding hydrogens is 272 g/mol. The Morgan fingerprint density at radius 3 is 2.52 bits per heavy atom. The second kappa shape index (κ2) is 7.23. The van der Waals surface area contributed by atoms with Gasteiger partial charge < -0.3 is 16.2 Å². The number of hydrogen-bond donors (Lipinski definition) is 3. The van der Waals surface area contributed by atoms with Crippen LogP contribution in [0.25, 0.3) is 6.08 Å². The fourth-order valence-corrected chi connectivity index (χ4v) is 1.80. The maximum atomic E-state index is 11.7. The maximum Gasteiger partial charge on any atom is 0.326 e. The van der Waals surface area contributed by atoms with Crippen LogP contribution in [0, 0.1) is 13.8 Å². The van der Waals surface area contributed by atoms with Crippen molar-refractivity contribution in [3.8, 4) is 0 Å². The molecule has 2 amide bonds. The van der Waals surface area contributed by atoms with E-state index >= 15 is 0 Å². The van der Waals surface area contributed by atoms with E-state index in [1.54, 1.807) is 6.08 Å². The van der Waals surface area contributed by atoms with Crippen molar-refractivity contribution in [3.63, 3.8) is 0 Å². The van der Waals surface area contributed by atoms with Crippen molar-refractivity contribution in [1.29, 1.82) is 0 Å². The summed E-state index contributed by atoms with van der Waals surface area (Å²) in [7, 11) is 0. The van der Waals surface area contributed by atoms with E-state index in [0.717, 1.165) is 16.7 Å². The number of carbonyl (C=O) groups excluding carboxylic acids is 2. The highest BCUT2D eigenvalue weighted by atomic mass is 16.4. The van der Waals surface area contributed by atoms with Gasteiger partial charge in [-0.05, 0) is 31.1 Å². The molecule has 0 heterocycles. The molecule has 1 aromatic carbocycles. The molecule has 0 radical (unpaired) electrons. The zero-order valence-corrected chi connectivity index (χ0v) is 11.9. The van der Waals surface area contributed by atoms with Crippen molar-refractivity contribution >= 4 is 23.9 Å². The lowest BCUT2D eigenvalue weighted by Crippen LogP contribution is -2.42. The molecule has 21 heavy (non-hydrogen) atoms. The van der Waals surface area contributed by atoms with E-state index in [-0.39, 0.29) is 0 Å². The number of amides is 2. The maximum absolute atomic E-state index is 11.7. The highest BCUT2D eigenvalue weighted by Gasteiger charge is 2.20. The minimum Gasteiger partial charge on any atom is -0.480 e. The van der Waals surface area contributed by atoms with Crippen LogP contribution in [0.3, 0.4) is 0 Å². The zero-order valence-electron chi connectivity index (χ0n) is 11.9. The average Bonchev–Trinajstić information content (AvgIpc) is 2.36. The van der Waals surface area contributed by atoms with E-state index < -0.39 is 30.2 Å². The Kier molecular flexibility index (Phi) is 5.66. The summed E-state index contributed by atoms with van der Waals surface area (Å²) in [6.07, 6.45) is 2.38. The number of carboxylic acid groups (broad SMARTS) is 1. The number of rotatable bonds is 6. The minimum atomic E-state index is -1.32. The molecule has 4 N–H and O–H groups in total. The summed E-state index contributed by atoms with van der Waals surface area (Å²) >= 11 is 0. The Labute approximate surface area is 122 Å². The van der Waals surface area contributed by atoms with Gasteiger partial charge in [0.1, 0.15) is 6.04 Å². The largest absolute Gasteiger partial charge is 0.480 e. The molecule has 0 aliphatic heterocycles. The number of primary amides is 1. The summed E-state index contributed by atoms with van der Waals surface area (Å²) in [4.78, 5) is 33.3. The van der Waals surface area contributed by atoms with Gasteiger partial charge in [0.2, 0.25) is 11.8 Å². The predicted octanol–water partition coefficient (Wildman–Crippen LogP) is 0.761. The third kappa shape index (κ3) is 5.48. The quantitative estimate of drug-likeness (QED) is 0.672. The van der Waals surface area contributed by atoms with Crippen molar-refractivity contribution < 1.29 is 19.5 Å². The van der Waals surface area contributed by atoms with Crippen molar-refractivity contribution in [2.75, 3.05) is 0 Å². The van der Waals surface area contributed by atoms with Gasteiger partial charge in [-0.2, -0.15) is 0 Å². The molecule has 0 aliphatic carbocycles. The van der Waals surface area contributed by atoms with Crippen molar-refractivity contribution in [3.05, 3.63) is 41.0 Å². The molecule has 0 spiro atoms. The summed E-state index contributed by atoms with van der Waals surface area (Å²) in [6.45, 7) is 3.88. The number of carboxylic acids is 1. The van der Waals surface area contributed by atoms with Gasteiger partial charge in [0, 0.05) is 6.08 Å². The second-order valence-electron chi connectivity index (χ2n) is 4.76. The standard InChI is InChI=1S/C15H18N2O4/c1-9-3-4-11(10(2)7-9)5-6-14(19)17-12(15(20)21)8-13(16)18/h3-7,12H,8H2,1-2H3,(H2,16,18)(H,17,19)(H,20,21)/t12-/m0/s1. The molecule has 1 rings (SSSR count). The van der Waals surface area contributed by atoms with Gasteiger partial charge in [-0.15, -0.1) is 0 Å². The number of nitrogens with one attached hydrogen (secondary N) is 1. The topological polar surface area (TPSA) is 109 Å². The molecule has 0 aliphatic rings. The van der Waals surface area contributed by atoms with Crippen molar-refractivity contribution in [2.24, 2.45) is 5.73 Å². The number of aryl methyl sites for hydroxylation is 2. The third-order valence-corrected chi connectivity index (χ3v) is 2.86. The van der Waals surface area contributed by atoms with Gasteiger partial charge in [0.25, 0.3) is 0 Å². The van der Waals surface area contributed by atoms with E-state index in [4.69, 9.17) is 10.8 Å². The van der Waals surface area contributed by atoms with Gasteiger partial charge in [-0.1, -0.05) is 23.8 Å². The van der Waals surface area contributed by atoms with Crippen LogP contribution in [0.2, 0.25) is 0 Å². The summed E-state index contributed by atoms with van der Waals surface area (Å²) in [5, 5.41) is 11.1. The lowest BCUT2D eigenvalue weighted by atomic mass is 10.1. The van der Waals surface area contributed by atoms with E-state index in [0.29, 0.717) is 0 Å². The van der Waals surface area contributed by atoms with E-state index in [1.165, 1.54) is 6.08 Å². The monoisotopic (exact) mass is 290 g/mol. The summed E-state index contributed by atoms with van der Waals surface area (Å²) in [5.74, 6) is -2.69. The Bertz CT molecular complexity index is 593. The molecule has 6 heteroatoms.